The van der Waals surface area contributed by atoms with Crippen LogP contribution in [0.5, 0.6) is 11.8 Å². The normalized spacial score (nSPS) is 21.7. The lowest BCUT2D eigenvalue weighted by Crippen LogP contribution is -2.45. The second-order valence-electron chi connectivity index (χ2n) is 15.1. The van der Waals surface area contributed by atoms with Crippen LogP contribution in [0.2, 0.25) is 0 Å². The molecule has 0 bridgehead atoms. The number of phenolic OH excluding ortho intramolecular Hbond substituents is 1. The average Bonchev–Trinajstić information content (AvgIpc) is 3.86. The Labute approximate surface area is 286 Å². The molecular weight excluding hydrogens is 624 g/mol. The molecule has 4 aromatic rings. The fourth-order valence-electron chi connectivity index (χ4n) is 8.63. The van der Waals surface area contributed by atoms with E-state index in [9.17, 15) is 5.11 Å². The topological polar surface area (TPSA) is 83.8 Å². The number of aryl methyl sites for hydroxylation is 1. The highest BCUT2D eigenvalue weighted by atomic mass is 19.1. The summed E-state index contributed by atoms with van der Waals surface area (Å²) in [6.07, 6.45) is 12.9. The van der Waals surface area contributed by atoms with E-state index in [0.717, 1.165) is 51.9 Å². The van der Waals surface area contributed by atoms with Crippen molar-refractivity contribution in [2.75, 3.05) is 50.8 Å². The molecule has 2 saturated carbocycles. The van der Waals surface area contributed by atoms with Crippen LogP contribution >= 0.6 is 0 Å². The Hall–Kier alpha value is -3.63. The third-order valence-corrected chi connectivity index (χ3v) is 11.8. The number of anilines is 1. The fraction of sp³-hybridized carbons (Fsp3) is 0.564. The molecule has 8 nitrogen and oxygen atoms in total. The van der Waals surface area contributed by atoms with Crippen molar-refractivity contribution in [3.63, 3.8) is 0 Å². The molecule has 0 unspecified atom stereocenters. The van der Waals surface area contributed by atoms with E-state index in [0.29, 0.717) is 64.7 Å². The van der Waals surface area contributed by atoms with E-state index >= 15 is 8.78 Å². The number of ether oxygens (including phenoxy) is 2. The van der Waals surface area contributed by atoms with Crippen LogP contribution in [-0.2, 0) is 11.2 Å². The number of hydrogen-bond acceptors (Lipinski definition) is 8. The molecule has 1 atom stereocenters. The highest BCUT2D eigenvalue weighted by Crippen LogP contribution is 2.51. The molecule has 0 radical (unpaired) electrons. The molecule has 49 heavy (non-hydrogen) atoms. The summed E-state index contributed by atoms with van der Waals surface area (Å²) in [6, 6.07) is 6.16. The first-order valence-corrected chi connectivity index (χ1v) is 18.3. The lowest BCUT2D eigenvalue weighted by atomic mass is 9.63. The van der Waals surface area contributed by atoms with Gasteiger partial charge in [0, 0.05) is 43.4 Å². The Morgan fingerprint density at radius 1 is 0.980 bits per heavy atom. The summed E-state index contributed by atoms with van der Waals surface area (Å²) >= 11 is 0. The van der Waals surface area contributed by atoms with Gasteiger partial charge in [0.05, 0.1) is 18.1 Å². The maximum atomic E-state index is 16.9. The zero-order valence-corrected chi connectivity index (χ0v) is 28.7. The molecule has 10 heteroatoms. The summed E-state index contributed by atoms with van der Waals surface area (Å²) in [4.78, 5) is 18.9. The van der Waals surface area contributed by atoms with Crippen LogP contribution in [0.4, 0.5) is 14.6 Å². The van der Waals surface area contributed by atoms with Crippen molar-refractivity contribution in [1.82, 2.24) is 19.9 Å². The first-order chi connectivity index (χ1) is 23.8. The van der Waals surface area contributed by atoms with Crippen LogP contribution in [0.25, 0.3) is 32.9 Å². The molecule has 1 N–H and O–H groups in total. The van der Waals surface area contributed by atoms with E-state index in [1.54, 1.807) is 18.3 Å². The molecule has 2 aromatic heterocycles. The molecule has 8 rings (SSSR count). The van der Waals surface area contributed by atoms with E-state index in [-0.39, 0.29) is 40.3 Å². The molecule has 0 amide bonds. The zero-order chi connectivity index (χ0) is 33.8. The van der Waals surface area contributed by atoms with Crippen molar-refractivity contribution < 1.29 is 23.4 Å². The SMILES string of the molecule is CCO[C@@H]1CCCN(c2nc(OCC3(CN4CCC5(CCC5)CC4)CC3)nc3c(F)c(-c4cc(O)cc5ccc(F)c(CC)c45)ncc23)C1. The standard InChI is InChI=1S/C39H47F2N5O3/c1-3-28-31(40)9-8-25-19-26(47)20-29(32(25)28)34-33(41)35-30(21-42-34)36(46-16-5-7-27(22-46)48-4-2)44-37(43-35)49-24-39(12-13-39)23-45-17-14-38(15-18-45)10-6-11-38/h8-9,19-21,27,47H,3-7,10-18,22-24H2,1-2H3/t27-/m1/s1. The lowest BCUT2D eigenvalue weighted by molar-refractivity contribution is 0.0215. The quantitative estimate of drug-likeness (QED) is 0.183. The maximum Gasteiger partial charge on any atom is 0.319 e. The molecule has 2 aliphatic heterocycles. The van der Waals surface area contributed by atoms with Gasteiger partial charge in [-0.25, -0.2) is 8.78 Å². The summed E-state index contributed by atoms with van der Waals surface area (Å²) in [6.45, 7) is 9.65. The number of hydrogen-bond donors (Lipinski definition) is 1. The van der Waals surface area contributed by atoms with Gasteiger partial charge >= 0.3 is 6.01 Å². The smallest absolute Gasteiger partial charge is 0.319 e. The highest BCUT2D eigenvalue weighted by molar-refractivity contribution is 6.01. The van der Waals surface area contributed by atoms with Gasteiger partial charge in [-0.3, -0.25) is 4.98 Å². The molecule has 1 spiro atoms. The van der Waals surface area contributed by atoms with Gasteiger partial charge in [0.2, 0.25) is 0 Å². The lowest BCUT2D eigenvalue weighted by Gasteiger charge is -2.48. The highest BCUT2D eigenvalue weighted by Gasteiger charge is 2.47. The van der Waals surface area contributed by atoms with E-state index in [1.165, 1.54) is 44.2 Å². The maximum absolute atomic E-state index is 16.9. The minimum absolute atomic E-state index is 0.00290. The average molecular weight is 672 g/mol. The molecule has 2 aromatic carbocycles. The minimum Gasteiger partial charge on any atom is -0.508 e. The van der Waals surface area contributed by atoms with Gasteiger partial charge in [-0.15, -0.1) is 0 Å². The summed E-state index contributed by atoms with van der Waals surface area (Å²) < 4.78 is 44.4. The largest absolute Gasteiger partial charge is 0.508 e. The predicted octanol–water partition coefficient (Wildman–Crippen LogP) is 7.82. The fourth-order valence-corrected chi connectivity index (χ4v) is 8.63. The van der Waals surface area contributed by atoms with E-state index in [4.69, 9.17) is 19.4 Å². The molecule has 2 aliphatic carbocycles. The number of likely N-dealkylation sites (tertiary alicyclic amines) is 1. The molecular formula is C39H47F2N5O3. The third-order valence-electron chi connectivity index (χ3n) is 11.8. The van der Waals surface area contributed by atoms with Crippen molar-refractivity contribution in [2.24, 2.45) is 10.8 Å². The Morgan fingerprint density at radius 2 is 1.80 bits per heavy atom. The van der Waals surface area contributed by atoms with Crippen molar-refractivity contribution in [1.29, 1.82) is 0 Å². The molecule has 260 valence electrons. The molecule has 4 aliphatic rings. The van der Waals surface area contributed by atoms with E-state index in [1.807, 2.05) is 13.8 Å². The van der Waals surface area contributed by atoms with E-state index < -0.39 is 5.82 Å². The number of phenols is 1. The Balaban J connectivity index is 1.15. The van der Waals surface area contributed by atoms with Gasteiger partial charge < -0.3 is 24.4 Å². The van der Waals surface area contributed by atoms with Crippen LogP contribution in [0.1, 0.15) is 77.2 Å². The molecule has 2 saturated heterocycles. The van der Waals surface area contributed by atoms with Crippen molar-refractivity contribution in [2.45, 2.75) is 84.2 Å². The summed E-state index contributed by atoms with van der Waals surface area (Å²) in [7, 11) is 0. The third kappa shape index (κ3) is 6.20. The van der Waals surface area contributed by atoms with Gasteiger partial charge in [-0.1, -0.05) is 19.4 Å². The second-order valence-corrected chi connectivity index (χ2v) is 15.1. The number of piperidine rings is 2. The number of benzene rings is 2. The van der Waals surface area contributed by atoms with Crippen molar-refractivity contribution >= 4 is 27.5 Å². The summed E-state index contributed by atoms with van der Waals surface area (Å²) in [5.74, 6) is -0.498. The van der Waals surface area contributed by atoms with Crippen LogP contribution in [0.15, 0.2) is 30.5 Å². The minimum atomic E-state index is -0.651. The van der Waals surface area contributed by atoms with Gasteiger partial charge in [-0.2, -0.15) is 9.97 Å². The predicted molar refractivity (Wildman–Crippen MR) is 187 cm³/mol. The Kier molecular flexibility index (Phi) is 8.59. The number of aromatic hydroxyl groups is 1. The number of halogens is 2. The van der Waals surface area contributed by atoms with Gasteiger partial charge in [0.15, 0.2) is 5.82 Å². The molecule has 4 fully saturated rings. The Morgan fingerprint density at radius 3 is 2.51 bits per heavy atom. The summed E-state index contributed by atoms with van der Waals surface area (Å²) in [5.41, 5.74) is 1.55. The number of rotatable bonds is 10. The number of nitrogens with zero attached hydrogens (tertiary/aromatic N) is 5. The van der Waals surface area contributed by atoms with Crippen LogP contribution < -0.4 is 9.64 Å². The van der Waals surface area contributed by atoms with Crippen molar-refractivity contribution in [3.8, 4) is 23.0 Å². The molecule has 4 heterocycles. The zero-order valence-electron chi connectivity index (χ0n) is 28.7. The van der Waals surface area contributed by atoms with Crippen LogP contribution in [0.3, 0.4) is 0 Å². The van der Waals surface area contributed by atoms with E-state index in [2.05, 4.69) is 14.8 Å². The first kappa shape index (κ1) is 32.6. The van der Waals surface area contributed by atoms with Crippen LogP contribution in [-0.4, -0.2) is 77.0 Å². The second kappa shape index (κ2) is 12.9. The van der Waals surface area contributed by atoms with Gasteiger partial charge in [0.1, 0.15) is 28.6 Å². The first-order valence-electron chi connectivity index (χ1n) is 18.3. The van der Waals surface area contributed by atoms with Crippen molar-refractivity contribution in [3.05, 3.63) is 47.7 Å². The number of aromatic nitrogens is 3. The monoisotopic (exact) mass is 671 g/mol. The summed E-state index contributed by atoms with van der Waals surface area (Å²) in [5, 5.41) is 12.3. The van der Waals surface area contributed by atoms with Gasteiger partial charge in [0.25, 0.3) is 0 Å². The van der Waals surface area contributed by atoms with Crippen LogP contribution in [0, 0.1) is 22.5 Å². The Bertz CT molecular complexity index is 1870. The van der Waals surface area contributed by atoms with Gasteiger partial charge in [-0.05, 0) is 118 Å². The number of fused-ring (bicyclic) bond motifs is 2. The number of pyridine rings is 1.